The first kappa shape index (κ1) is 20.8. The quantitative estimate of drug-likeness (QED) is 0.625. The van der Waals surface area contributed by atoms with Crippen LogP contribution in [0.3, 0.4) is 0 Å². The van der Waals surface area contributed by atoms with Crippen molar-refractivity contribution >= 4 is 34.1 Å². The van der Waals surface area contributed by atoms with Gasteiger partial charge in [0.2, 0.25) is 11.0 Å². The first-order chi connectivity index (χ1) is 15.0. The van der Waals surface area contributed by atoms with E-state index in [1.165, 1.54) is 11.3 Å². The van der Waals surface area contributed by atoms with E-state index in [1.54, 1.807) is 36.3 Å². The van der Waals surface area contributed by atoms with Crippen LogP contribution in [-0.2, 0) is 4.79 Å². The number of methoxy groups -OCH3 is 1. The van der Waals surface area contributed by atoms with E-state index in [9.17, 15) is 9.59 Å². The Balaban J connectivity index is 1.39. The Kier molecular flexibility index (Phi) is 6.13. The van der Waals surface area contributed by atoms with Crippen molar-refractivity contribution in [3.8, 4) is 16.3 Å². The number of carbonyl (C=O) groups excluding carboxylic acids is 2. The number of anilines is 2. The summed E-state index contributed by atoms with van der Waals surface area (Å²) in [6.07, 6.45) is 1.37. The Hall–Kier alpha value is -3.46. The number of benzene rings is 2. The molecule has 0 spiro atoms. The summed E-state index contributed by atoms with van der Waals surface area (Å²) in [5, 5.41) is 15.1. The molecule has 1 aromatic heterocycles. The lowest BCUT2D eigenvalue weighted by molar-refractivity contribution is -0.119. The lowest BCUT2D eigenvalue weighted by Crippen LogP contribution is -2.45. The minimum absolute atomic E-state index is 0.256. The van der Waals surface area contributed by atoms with Gasteiger partial charge in [0.25, 0.3) is 0 Å². The van der Waals surface area contributed by atoms with Gasteiger partial charge in [0.15, 0.2) is 0 Å². The molecule has 1 aliphatic heterocycles. The zero-order valence-electron chi connectivity index (χ0n) is 17.3. The van der Waals surface area contributed by atoms with Gasteiger partial charge in [0.1, 0.15) is 16.8 Å². The van der Waals surface area contributed by atoms with Crippen molar-refractivity contribution in [1.82, 2.24) is 15.1 Å². The number of aromatic nitrogens is 2. The summed E-state index contributed by atoms with van der Waals surface area (Å²) in [4.78, 5) is 27.1. The van der Waals surface area contributed by atoms with E-state index in [2.05, 4.69) is 20.8 Å². The SMILES string of the molecule is COc1ccc(NC(=O)N2CCCC2C(=O)Nc2nnc(-c3ccc(C)cc3)s2)cc1. The van der Waals surface area contributed by atoms with Crippen LogP contribution in [0.25, 0.3) is 10.6 Å². The molecule has 3 aromatic rings. The molecule has 0 aliphatic carbocycles. The van der Waals surface area contributed by atoms with Crippen LogP contribution in [0.1, 0.15) is 18.4 Å². The lowest BCUT2D eigenvalue weighted by Gasteiger charge is -2.23. The van der Waals surface area contributed by atoms with Gasteiger partial charge in [-0.1, -0.05) is 41.2 Å². The number of urea groups is 1. The van der Waals surface area contributed by atoms with Gasteiger partial charge in [0, 0.05) is 17.8 Å². The maximum absolute atomic E-state index is 12.8. The highest BCUT2D eigenvalue weighted by Gasteiger charge is 2.34. The molecule has 1 unspecified atom stereocenters. The van der Waals surface area contributed by atoms with E-state index in [-0.39, 0.29) is 11.9 Å². The van der Waals surface area contributed by atoms with Crippen molar-refractivity contribution in [3.05, 3.63) is 54.1 Å². The molecule has 1 atom stereocenters. The molecule has 4 rings (SSSR count). The van der Waals surface area contributed by atoms with Gasteiger partial charge >= 0.3 is 6.03 Å². The molecule has 160 valence electrons. The number of nitrogens with one attached hydrogen (secondary N) is 2. The third-order valence-corrected chi connectivity index (χ3v) is 6.00. The van der Waals surface area contributed by atoms with Gasteiger partial charge in [-0.15, -0.1) is 10.2 Å². The highest BCUT2D eigenvalue weighted by molar-refractivity contribution is 7.18. The summed E-state index contributed by atoms with van der Waals surface area (Å²) < 4.78 is 5.13. The van der Waals surface area contributed by atoms with E-state index >= 15 is 0 Å². The number of nitrogens with zero attached hydrogens (tertiary/aromatic N) is 3. The van der Waals surface area contributed by atoms with Crippen LogP contribution < -0.4 is 15.4 Å². The van der Waals surface area contributed by atoms with Crippen molar-refractivity contribution in [2.24, 2.45) is 0 Å². The number of likely N-dealkylation sites (tertiary alicyclic amines) is 1. The van der Waals surface area contributed by atoms with Gasteiger partial charge in [-0.3, -0.25) is 10.1 Å². The van der Waals surface area contributed by atoms with Gasteiger partial charge in [-0.05, 0) is 44.0 Å². The summed E-state index contributed by atoms with van der Waals surface area (Å²) in [5.74, 6) is 0.451. The monoisotopic (exact) mass is 437 g/mol. The molecule has 0 bridgehead atoms. The van der Waals surface area contributed by atoms with E-state index in [0.29, 0.717) is 29.5 Å². The maximum atomic E-state index is 12.8. The average molecular weight is 438 g/mol. The van der Waals surface area contributed by atoms with Gasteiger partial charge < -0.3 is 15.0 Å². The first-order valence-electron chi connectivity index (χ1n) is 9.96. The van der Waals surface area contributed by atoms with E-state index in [4.69, 9.17) is 4.74 Å². The largest absolute Gasteiger partial charge is 0.497 e. The highest BCUT2D eigenvalue weighted by Crippen LogP contribution is 2.28. The number of ether oxygens (including phenoxy) is 1. The molecule has 2 heterocycles. The van der Waals surface area contributed by atoms with Crippen LogP contribution in [0.5, 0.6) is 5.75 Å². The van der Waals surface area contributed by atoms with E-state index in [0.717, 1.165) is 22.6 Å². The molecule has 1 saturated heterocycles. The molecule has 9 heteroatoms. The Labute approximate surface area is 184 Å². The second-order valence-electron chi connectivity index (χ2n) is 7.28. The van der Waals surface area contributed by atoms with Crippen molar-refractivity contribution in [2.45, 2.75) is 25.8 Å². The standard InChI is InChI=1S/C22H23N5O3S/c1-14-5-7-15(8-6-14)20-25-26-21(31-20)24-19(28)18-4-3-13-27(18)22(29)23-16-9-11-17(30-2)12-10-16/h5-12,18H,3-4,13H2,1-2H3,(H,23,29)(H,24,26,28). The summed E-state index contributed by atoms with van der Waals surface area (Å²) in [7, 11) is 1.59. The van der Waals surface area contributed by atoms with Crippen molar-refractivity contribution in [2.75, 3.05) is 24.3 Å². The molecular formula is C22H23N5O3S. The Bertz CT molecular complexity index is 1070. The molecule has 1 aliphatic rings. The van der Waals surface area contributed by atoms with E-state index < -0.39 is 6.04 Å². The molecule has 0 saturated carbocycles. The second-order valence-corrected chi connectivity index (χ2v) is 8.26. The van der Waals surface area contributed by atoms with Crippen molar-refractivity contribution in [3.63, 3.8) is 0 Å². The summed E-state index contributed by atoms with van der Waals surface area (Å²) >= 11 is 1.31. The number of hydrogen-bond acceptors (Lipinski definition) is 6. The summed E-state index contributed by atoms with van der Waals surface area (Å²) in [6.45, 7) is 2.54. The molecule has 3 amide bonds. The third kappa shape index (κ3) is 4.83. The zero-order valence-corrected chi connectivity index (χ0v) is 18.1. The third-order valence-electron chi connectivity index (χ3n) is 5.11. The molecule has 8 nitrogen and oxygen atoms in total. The number of rotatable bonds is 5. The summed E-state index contributed by atoms with van der Waals surface area (Å²) in [6, 6.07) is 14.2. The van der Waals surface area contributed by atoms with Crippen LogP contribution in [-0.4, -0.2) is 46.7 Å². The Morgan fingerprint density at radius 2 is 1.81 bits per heavy atom. The van der Waals surface area contributed by atoms with Crippen LogP contribution >= 0.6 is 11.3 Å². The molecule has 2 N–H and O–H groups in total. The molecular weight excluding hydrogens is 414 g/mol. The summed E-state index contributed by atoms with van der Waals surface area (Å²) in [5.41, 5.74) is 2.75. The van der Waals surface area contributed by atoms with Gasteiger partial charge in [-0.2, -0.15) is 0 Å². The van der Waals surface area contributed by atoms with Crippen LogP contribution in [0.2, 0.25) is 0 Å². The second kappa shape index (κ2) is 9.13. The van der Waals surface area contributed by atoms with E-state index in [1.807, 2.05) is 31.2 Å². The fraction of sp³-hybridized carbons (Fsp3) is 0.273. The average Bonchev–Trinajstić information content (AvgIpc) is 3.45. The molecule has 31 heavy (non-hydrogen) atoms. The fourth-order valence-corrected chi connectivity index (χ4v) is 4.18. The number of carbonyl (C=O) groups is 2. The van der Waals surface area contributed by atoms with Crippen LogP contribution in [0, 0.1) is 6.92 Å². The van der Waals surface area contributed by atoms with Crippen LogP contribution in [0.15, 0.2) is 48.5 Å². The predicted molar refractivity (Wildman–Crippen MR) is 120 cm³/mol. The topological polar surface area (TPSA) is 96.5 Å². The Morgan fingerprint density at radius 3 is 2.52 bits per heavy atom. The van der Waals surface area contributed by atoms with Gasteiger partial charge in [-0.25, -0.2) is 4.79 Å². The lowest BCUT2D eigenvalue weighted by atomic mass is 10.2. The van der Waals surface area contributed by atoms with Crippen molar-refractivity contribution in [1.29, 1.82) is 0 Å². The predicted octanol–water partition coefficient (Wildman–Crippen LogP) is 4.16. The number of amides is 3. The van der Waals surface area contributed by atoms with Crippen LogP contribution in [0.4, 0.5) is 15.6 Å². The number of aryl methyl sites for hydroxylation is 1. The fourth-order valence-electron chi connectivity index (χ4n) is 3.43. The minimum Gasteiger partial charge on any atom is -0.497 e. The Morgan fingerprint density at radius 1 is 1.06 bits per heavy atom. The van der Waals surface area contributed by atoms with Gasteiger partial charge in [0.05, 0.1) is 7.11 Å². The number of hydrogen-bond donors (Lipinski definition) is 2. The smallest absolute Gasteiger partial charge is 0.322 e. The normalized spacial score (nSPS) is 15.5. The van der Waals surface area contributed by atoms with Crippen molar-refractivity contribution < 1.29 is 14.3 Å². The minimum atomic E-state index is -0.551. The highest BCUT2D eigenvalue weighted by atomic mass is 32.1. The molecule has 0 radical (unpaired) electrons. The maximum Gasteiger partial charge on any atom is 0.322 e. The first-order valence-corrected chi connectivity index (χ1v) is 10.8. The zero-order chi connectivity index (χ0) is 21.8. The molecule has 1 fully saturated rings. The molecule has 2 aromatic carbocycles.